The number of nitrogens with zero attached hydrogens (tertiary/aromatic N) is 1. The Kier molecular flexibility index (Phi) is 4.65. The minimum Gasteiger partial charge on any atom is -0.550 e. The fourth-order valence-corrected chi connectivity index (χ4v) is 2.94. The molecule has 1 aromatic heterocycles. The van der Waals surface area contributed by atoms with Crippen LogP contribution in [0.2, 0.25) is 5.02 Å². The lowest BCUT2D eigenvalue weighted by atomic mass is 10.1. The van der Waals surface area contributed by atoms with Crippen LogP contribution in [-0.4, -0.2) is 16.4 Å². The summed E-state index contributed by atoms with van der Waals surface area (Å²) in [6, 6.07) is 6.11. The van der Waals surface area contributed by atoms with E-state index in [1.165, 1.54) is 18.3 Å². The molecule has 1 amide bonds. The number of halogens is 3. The van der Waals surface area contributed by atoms with E-state index in [1.807, 2.05) is 0 Å². The highest BCUT2D eigenvalue weighted by molar-refractivity contribution is 6.34. The molecule has 0 atom stereocenters. The number of hydrogen-bond donors (Lipinski definition) is 1. The van der Waals surface area contributed by atoms with Crippen molar-refractivity contribution in [2.24, 2.45) is 7.05 Å². The molecule has 0 aliphatic rings. The number of aliphatic carboxylic acids is 1. The summed E-state index contributed by atoms with van der Waals surface area (Å²) in [6.07, 6.45) is 0.885. The van der Waals surface area contributed by atoms with Crippen molar-refractivity contribution < 1.29 is 23.5 Å². The van der Waals surface area contributed by atoms with E-state index in [0.29, 0.717) is 10.9 Å². The molecule has 3 aromatic rings. The number of nitrogens with one attached hydrogen (secondary N) is 1. The molecule has 134 valence electrons. The molecular formula is C18H12ClF2N2O3-. The van der Waals surface area contributed by atoms with Crippen LogP contribution in [0.5, 0.6) is 0 Å². The Bertz CT molecular complexity index is 1050. The molecule has 0 fully saturated rings. The lowest BCUT2D eigenvalue weighted by molar-refractivity contribution is -0.304. The van der Waals surface area contributed by atoms with Crippen molar-refractivity contribution in [1.29, 1.82) is 0 Å². The predicted molar refractivity (Wildman–Crippen MR) is 91.0 cm³/mol. The Labute approximate surface area is 151 Å². The van der Waals surface area contributed by atoms with Crippen LogP contribution in [0.15, 0.2) is 36.5 Å². The normalized spacial score (nSPS) is 10.9. The summed E-state index contributed by atoms with van der Waals surface area (Å²) in [5.41, 5.74) is 0.667. The zero-order valence-electron chi connectivity index (χ0n) is 13.5. The molecule has 0 radical (unpaired) electrons. The molecule has 2 aromatic carbocycles. The summed E-state index contributed by atoms with van der Waals surface area (Å²) in [5, 5.41) is 13.4. The van der Waals surface area contributed by atoms with Gasteiger partial charge in [-0.05, 0) is 35.9 Å². The van der Waals surface area contributed by atoms with Crippen molar-refractivity contribution in [3.63, 3.8) is 0 Å². The lowest BCUT2D eigenvalue weighted by Gasteiger charge is -2.10. The maximum Gasteiger partial charge on any atom is 0.257 e. The molecule has 0 unspecified atom stereocenters. The Morgan fingerprint density at radius 3 is 2.65 bits per heavy atom. The Hall–Kier alpha value is -2.93. The summed E-state index contributed by atoms with van der Waals surface area (Å²) < 4.78 is 29.2. The van der Waals surface area contributed by atoms with Crippen LogP contribution < -0.4 is 10.4 Å². The van der Waals surface area contributed by atoms with Crippen LogP contribution in [0.3, 0.4) is 0 Å². The van der Waals surface area contributed by atoms with Crippen molar-refractivity contribution in [3.8, 4) is 0 Å². The first-order valence-corrected chi connectivity index (χ1v) is 7.87. The van der Waals surface area contributed by atoms with Gasteiger partial charge in [-0.1, -0.05) is 11.6 Å². The SMILES string of the molecule is Cn1cc(C(=O)Nc2cc(F)c(CC(=O)[O-])cc2Cl)c2cc(F)ccc21. The van der Waals surface area contributed by atoms with Gasteiger partial charge in [-0.15, -0.1) is 0 Å². The van der Waals surface area contributed by atoms with Gasteiger partial charge in [0.25, 0.3) is 5.91 Å². The molecule has 0 bridgehead atoms. The number of aromatic nitrogens is 1. The fourth-order valence-electron chi connectivity index (χ4n) is 2.71. The van der Waals surface area contributed by atoms with Gasteiger partial charge in [0.05, 0.1) is 16.3 Å². The van der Waals surface area contributed by atoms with Crippen LogP contribution in [0.25, 0.3) is 10.9 Å². The van der Waals surface area contributed by atoms with E-state index in [1.54, 1.807) is 17.7 Å². The van der Waals surface area contributed by atoms with Gasteiger partial charge in [0, 0.05) is 36.5 Å². The summed E-state index contributed by atoms with van der Waals surface area (Å²) >= 11 is 6.01. The van der Waals surface area contributed by atoms with E-state index >= 15 is 0 Å². The number of amides is 1. The predicted octanol–water partition coefficient (Wildman–Crippen LogP) is 2.65. The standard InChI is InChI=1S/C18H13ClF2N2O3/c1-23-8-12(11-6-10(20)2-3-16(11)23)18(26)22-15-7-14(21)9(4-13(15)19)5-17(24)25/h2-4,6-8H,5H2,1H3,(H,22,26)(H,24,25)/p-1. The Morgan fingerprint density at radius 2 is 1.96 bits per heavy atom. The molecule has 0 spiro atoms. The van der Waals surface area contributed by atoms with Gasteiger partial charge in [-0.2, -0.15) is 0 Å². The van der Waals surface area contributed by atoms with Crippen LogP contribution in [0, 0.1) is 11.6 Å². The monoisotopic (exact) mass is 377 g/mol. The van der Waals surface area contributed by atoms with Gasteiger partial charge in [-0.3, -0.25) is 4.79 Å². The van der Waals surface area contributed by atoms with Crippen molar-refractivity contribution in [2.45, 2.75) is 6.42 Å². The molecule has 8 heteroatoms. The number of aryl methyl sites for hydroxylation is 1. The van der Waals surface area contributed by atoms with Crippen LogP contribution in [-0.2, 0) is 18.3 Å². The highest BCUT2D eigenvalue weighted by Gasteiger charge is 2.17. The van der Waals surface area contributed by atoms with Crippen LogP contribution >= 0.6 is 11.6 Å². The number of carbonyl (C=O) groups excluding carboxylic acids is 2. The first-order chi connectivity index (χ1) is 12.3. The average Bonchev–Trinajstić information content (AvgIpc) is 2.88. The number of hydrogen-bond acceptors (Lipinski definition) is 3. The third-order valence-electron chi connectivity index (χ3n) is 3.92. The second kappa shape index (κ2) is 6.76. The number of carbonyl (C=O) groups is 2. The summed E-state index contributed by atoms with van der Waals surface area (Å²) in [6.45, 7) is 0. The van der Waals surface area contributed by atoms with Gasteiger partial charge in [0.1, 0.15) is 11.6 Å². The number of anilines is 1. The third-order valence-corrected chi connectivity index (χ3v) is 4.23. The molecular weight excluding hydrogens is 366 g/mol. The smallest absolute Gasteiger partial charge is 0.257 e. The number of carboxylic acid groups (broad SMARTS) is 1. The second-order valence-corrected chi connectivity index (χ2v) is 6.15. The minimum absolute atomic E-state index is 0.0235. The summed E-state index contributed by atoms with van der Waals surface area (Å²) in [4.78, 5) is 23.2. The van der Waals surface area contributed by atoms with Gasteiger partial charge in [0.2, 0.25) is 0 Å². The molecule has 1 heterocycles. The summed E-state index contributed by atoms with van der Waals surface area (Å²) in [7, 11) is 1.71. The topological polar surface area (TPSA) is 74.2 Å². The number of carboxylic acids is 1. The average molecular weight is 378 g/mol. The molecule has 26 heavy (non-hydrogen) atoms. The minimum atomic E-state index is -1.45. The lowest BCUT2D eigenvalue weighted by Crippen LogP contribution is -2.25. The Morgan fingerprint density at radius 1 is 1.23 bits per heavy atom. The third kappa shape index (κ3) is 3.39. The maximum atomic E-state index is 14.0. The molecule has 1 N–H and O–H groups in total. The first-order valence-electron chi connectivity index (χ1n) is 7.50. The van der Waals surface area contributed by atoms with E-state index in [4.69, 9.17) is 11.6 Å². The van der Waals surface area contributed by atoms with Crippen molar-refractivity contribution in [2.75, 3.05) is 5.32 Å². The largest absolute Gasteiger partial charge is 0.550 e. The quantitative estimate of drug-likeness (QED) is 0.759. The van der Waals surface area contributed by atoms with Gasteiger partial charge >= 0.3 is 0 Å². The molecule has 3 rings (SSSR count). The van der Waals surface area contributed by atoms with Crippen molar-refractivity contribution >= 4 is 40.1 Å². The second-order valence-electron chi connectivity index (χ2n) is 5.74. The van der Waals surface area contributed by atoms with Crippen LogP contribution in [0.4, 0.5) is 14.5 Å². The van der Waals surface area contributed by atoms with Gasteiger partial charge in [0.15, 0.2) is 0 Å². The number of rotatable bonds is 4. The molecule has 0 aliphatic heterocycles. The first kappa shape index (κ1) is 17.9. The van der Waals surface area contributed by atoms with Gasteiger partial charge in [-0.25, -0.2) is 8.78 Å². The zero-order valence-corrected chi connectivity index (χ0v) is 14.2. The molecule has 5 nitrogen and oxygen atoms in total. The molecule has 0 saturated carbocycles. The highest BCUT2D eigenvalue weighted by Crippen LogP contribution is 2.28. The summed E-state index contributed by atoms with van der Waals surface area (Å²) in [5.74, 6) is -3.38. The van der Waals surface area contributed by atoms with Crippen molar-refractivity contribution in [3.05, 3.63) is 64.3 Å². The fraction of sp³-hybridized carbons (Fsp3) is 0.111. The number of benzene rings is 2. The molecule has 0 saturated heterocycles. The number of fused-ring (bicyclic) bond motifs is 1. The maximum absolute atomic E-state index is 14.0. The van der Waals surface area contributed by atoms with E-state index < -0.39 is 29.9 Å². The Balaban J connectivity index is 1.95. The van der Waals surface area contributed by atoms with E-state index in [2.05, 4.69) is 5.32 Å². The van der Waals surface area contributed by atoms with Crippen LogP contribution in [0.1, 0.15) is 15.9 Å². The highest BCUT2D eigenvalue weighted by atomic mass is 35.5. The van der Waals surface area contributed by atoms with Crippen molar-refractivity contribution in [1.82, 2.24) is 4.57 Å². The van der Waals surface area contributed by atoms with Gasteiger partial charge < -0.3 is 19.8 Å². The van der Waals surface area contributed by atoms with E-state index in [-0.39, 0.29) is 21.8 Å². The van der Waals surface area contributed by atoms with E-state index in [0.717, 1.165) is 12.1 Å². The zero-order chi connectivity index (χ0) is 19.0. The molecule has 0 aliphatic carbocycles. The van der Waals surface area contributed by atoms with E-state index in [9.17, 15) is 23.5 Å².